The van der Waals surface area contributed by atoms with Crippen molar-refractivity contribution in [3.63, 3.8) is 0 Å². The summed E-state index contributed by atoms with van der Waals surface area (Å²) in [6.07, 6.45) is 0. The van der Waals surface area contributed by atoms with E-state index >= 15 is 0 Å². The van der Waals surface area contributed by atoms with Crippen LogP contribution in [0.2, 0.25) is 0 Å². The summed E-state index contributed by atoms with van der Waals surface area (Å²) in [7, 11) is -0.370. The lowest BCUT2D eigenvalue weighted by atomic mass is 9.87. The molecule has 0 unspecified atom stereocenters. The molecule has 3 heteroatoms. The fraction of sp³-hybridized carbons (Fsp3) is 0.500. The molecule has 1 aromatic rings. The van der Waals surface area contributed by atoms with Crippen LogP contribution in [0.25, 0.3) is 0 Å². The normalized spacial score (nSPS) is 11.5. The minimum atomic E-state index is -0.370. The van der Waals surface area contributed by atoms with Gasteiger partial charge in [-0.3, -0.25) is 0 Å². The van der Waals surface area contributed by atoms with Gasteiger partial charge in [-0.2, -0.15) is 0 Å². The second kappa shape index (κ2) is 5.33. The van der Waals surface area contributed by atoms with Crippen LogP contribution in [0.5, 0.6) is 5.75 Å². The fourth-order valence-electron chi connectivity index (χ4n) is 1.19. The van der Waals surface area contributed by atoms with E-state index < -0.39 is 0 Å². The predicted molar refractivity (Wildman–Crippen MR) is 64.5 cm³/mol. The van der Waals surface area contributed by atoms with Gasteiger partial charge < -0.3 is 8.85 Å². The Morgan fingerprint density at radius 2 is 1.73 bits per heavy atom. The first kappa shape index (κ1) is 12.3. The lowest BCUT2D eigenvalue weighted by Gasteiger charge is -2.19. The Bertz CT molecular complexity index is 287. The molecule has 0 atom stereocenters. The van der Waals surface area contributed by atoms with Crippen LogP contribution in [0.3, 0.4) is 0 Å². The molecule has 2 nitrogen and oxygen atoms in total. The van der Waals surface area contributed by atoms with E-state index in [2.05, 4.69) is 32.9 Å². The van der Waals surface area contributed by atoms with Crippen molar-refractivity contribution in [2.75, 3.05) is 6.61 Å². The lowest BCUT2D eigenvalue weighted by Crippen LogP contribution is -2.11. The highest BCUT2D eigenvalue weighted by Crippen LogP contribution is 2.23. The molecule has 0 N–H and O–H groups in total. The molecule has 0 aliphatic heterocycles. The van der Waals surface area contributed by atoms with E-state index in [0.717, 1.165) is 12.4 Å². The SMILES string of the molecule is CCO[SiH]Oc1ccc(C(C)(C)C)cc1. The van der Waals surface area contributed by atoms with Gasteiger partial charge in [-0.05, 0) is 30.0 Å². The molecule has 0 aliphatic carbocycles. The molecular formula is C12H19O2Si. The summed E-state index contributed by atoms with van der Waals surface area (Å²) in [5, 5.41) is 0. The van der Waals surface area contributed by atoms with E-state index in [9.17, 15) is 0 Å². The van der Waals surface area contributed by atoms with Crippen LogP contribution in [-0.2, 0) is 9.84 Å². The molecule has 0 heterocycles. The van der Waals surface area contributed by atoms with E-state index in [1.807, 2.05) is 19.1 Å². The van der Waals surface area contributed by atoms with Crippen molar-refractivity contribution >= 4 is 10.0 Å². The molecule has 0 saturated heterocycles. The van der Waals surface area contributed by atoms with Crippen LogP contribution in [-0.4, -0.2) is 16.6 Å². The summed E-state index contributed by atoms with van der Waals surface area (Å²) in [6.45, 7) is 9.30. The molecule has 15 heavy (non-hydrogen) atoms. The Morgan fingerprint density at radius 3 is 2.20 bits per heavy atom. The summed E-state index contributed by atoms with van der Waals surface area (Å²) in [4.78, 5) is 0. The number of rotatable bonds is 4. The van der Waals surface area contributed by atoms with E-state index in [1.54, 1.807) is 0 Å². The third-order valence-electron chi connectivity index (χ3n) is 2.14. The maximum Gasteiger partial charge on any atom is 0.438 e. The second-order valence-corrected chi connectivity index (χ2v) is 5.21. The summed E-state index contributed by atoms with van der Waals surface area (Å²) < 4.78 is 10.7. The summed E-state index contributed by atoms with van der Waals surface area (Å²) in [5.41, 5.74) is 1.52. The molecule has 1 rings (SSSR count). The van der Waals surface area contributed by atoms with Crippen LogP contribution in [0.15, 0.2) is 24.3 Å². The first-order chi connectivity index (χ1) is 7.04. The van der Waals surface area contributed by atoms with Crippen molar-refractivity contribution in [3.05, 3.63) is 29.8 Å². The van der Waals surface area contributed by atoms with Gasteiger partial charge in [0.15, 0.2) is 0 Å². The first-order valence-electron chi connectivity index (χ1n) is 5.24. The van der Waals surface area contributed by atoms with Gasteiger partial charge >= 0.3 is 10.0 Å². The van der Waals surface area contributed by atoms with Gasteiger partial charge in [0, 0.05) is 6.61 Å². The average molecular weight is 223 g/mol. The molecular weight excluding hydrogens is 204 g/mol. The average Bonchev–Trinajstić information content (AvgIpc) is 2.18. The third kappa shape index (κ3) is 4.06. The standard InChI is InChI=1S/C12H19O2Si/c1-5-13-15-14-11-8-6-10(7-9-11)12(2,3)4/h6-9,15H,5H2,1-4H3. The molecule has 0 aromatic heterocycles. The van der Waals surface area contributed by atoms with Crippen molar-refractivity contribution in [2.24, 2.45) is 0 Å². The van der Waals surface area contributed by atoms with E-state index in [-0.39, 0.29) is 15.4 Å². The van der Waals surface area contributed by atoms with E-state index in [4.69, 9.17) is 8.85 Å². The third-order valence-corrected chi connectivity index (χ3v) is 2.98. The van der Waals surface area contributed by atoms with Crippen molar-refractivity contribution in [1.29, 1.82) is 0 Å². The van der Waals surface area contributed by atoms with Crippen LogP contribution in [0.1, 0.15) is 33.3 Å². The Morgan fingerprint density at radius 1 is 1.13 bits per heavy atom. The molecule has 1 aromatic carbocycles. The van der Waals surface area contributed by atoms with Gasteiger partial charge in [0.05, 0.1) is 0 Å². The molecule has 0 aliphatic rings. The zero-order valence-electron chi connectivity index (χ0n) is 9.91. The maximum absolute atomic E-state index is 5.48. The first-order valence-corrected chi connectivity index (χ1v) is 6.19. The zero-order valence-corrected chi connectivity index (χ0v) is 11.1. The summed E-state index contributed by atoms with van der Waals surface area (Å²) in [6, 6.07) is 8.24. The van der Waals surface area contributed by atoms with E-state index in [1.165, 1.54) is 5.56 Å². The van der Waals surface area contributed by atoms with Crippen molar-refractivity contribution in [1.82, 2.24) is 0 Å². The summed E-state index contributed by atoms with van der Waals surface area (Å²) >= 11 is 0. The van der Waals surface area contributed by atoms with Crippen LogP contribution < -0.4 is 4.43 Å². The molecule has 1 radical (unpaired) electrons. The van der Waals surface area contributed by atoms with Gasteiger partial charge in [0.25, 0.3) is 0 Å². The van der Waals surface area contributed by atoms with E-state index in [0.29, 0.717) is 0 Å². The molecule has 0 fully saturated rings. The smallest absolute Gasteiger partial charge is 0.438 e. The van der Waals surface area contributed by atoms with Gasteiger partial charge in [-0.1, -0.05) is 32.9 Å². The Labute approximate surface area is 94.7 Å². The zero-order chi connectivity index (χ0) is 11.3. The number of benzene rings is 1. The van der Waals surface area contributed by atoms with Crippen LogP contribution in [0, 0.1) is 0 Å². The maximum atomic E-state index is 5.48. The quantitative estimate of drug-likeness (QED) is 0.577. The topological polar surface area (TPSA) is 18.5 Å². The minimum Gasteiger partial charge on any atom is -0.521 e. The number of hydrogen-bond acceptors (Lipinski definition) is 2. The van der Waals surface area contributed by atoms with Crippen molar-refractivity contribution in [3.8, 4) is 5.75 Å². The highest BCUT2D eigenvalue weighted by molar-refractivity contribution is 6.19. The van der Waals surface area contributed by atoms with Gasteiger partial charge in [-0.25, -0.2) is 0 Å². The van der Waals surface area contributed by atoms with Gasteiger partial charge in [0.1, 0.15) is 5.75 Å². The highest BCUT2D eigenvalue weighted by Gasteiger charge is 2.12. The van der Waals surface area contributed by atoms with Gasteiger partial charge in [0.2, 0.25) is 0 Å². The number of hydrogen-bond donors (Lipinski definition) is 0. The van der Waals surface area contributed by atoms with Crippen molar-refractivity contribution < 1.29 is 8.85 Å². The molecule has 0 spiro atoms. The van der Waals surface area contributed by atoms with Crippen LogP contribution in [0.4, 0.5) is 0 Å². The monoisotopic (exact) mass is 223 g/mol. The Hall–Kier alpha value is -0.803. The predicted octanol–water partition coefficient (Wildman–Crippen LogP) is 2.67. The minimum absolute atomic E-state index is 0.200. The summed E-state index contributed by atoms with van der Waals surface area (Å²) in [5.74, 6) is 0.895. The molecule has 0 bridgehead atoms. The largest absolute Gasteiger partial charge is 0.521 e. The molecule has 0 saturated carbocycles. The van der Waals surface area contributed by atoms with Crippen LogP contribution >= 0.6 is 0 Å². The fourth-order valence-corrected chi connectivity index (χ4v) is 1.66. The Kier molecular flexibility index (Phi) is 4.36. The molecule has 83 valence electrons. The molecule has 0 amide bonds. The Balaban J connectivity index is 2.57. The van der Waals surface area contributed by atoms with Gasteiger partial charge in [-0.15, -0.1) is 0 Å². The highest BCUT2D eigenvalue weighted by atomic mass is 28.3. The van der Waals surface area contributed by atoms with Crippen molar-refractivity contribution in [2.45, 2.75) is 33.1 Å². The lowest BCUT2D eigenvalue weighted by molar-refractivity contribution is 0.308. The second-order valence-electron chi connectivity index (χ2n) is 4.44.